The fourth-order valence-electron chi connectivity index (χ4n) is 3.37. The molecule has 0 aliphatic rings. The smallest absolute Gasteiger partial charge is 0.119 e. The highest BCUT2D eigenvalue weighted by Crippen LogP contribution is 2.16. The summed E-state index contributed by atoms with van der Waals surface area (Å²) >= 11 is 0. The Kier molecular flexibility index (Phi) is 14.2. The van der Waals surface area contributed by atoms with Gasteiger partial charge in [-0.15, -0.1) is 13.2 Å². The highest BCUT2D eigenvalue weighted by atomic mass is 16.4. The third-order valence-corrected chi connectivity index (χ3v) is 4.63. The Balaban J connectivity index is 4.82. The maximum atomic E-state index is 11.3. The first kappa shape index (κ1) is 24.8. The van der Waals surface area contributed by atoms with Gasteiger partial charge in [-0.25, -0.2) is 0 Å². The lowest BCUT2D eigenvalue weighted by atomic mass is 10.1. The van der Waals surface area contributed by atoms with Gasteiger partial charge in [0.15, 0.2) is 0 Å². The van der Waals surface area contributed by atoms with Gasteiger partial charge in [-0.1, -0.05) is 25.0 Å². The molecule has 6 heteroatoms. The third kappa shape index (κ3) is 12.2. The van der Waals surface area contributed by atoms with Crippen molar-refractivity contribution in [3.63, 3.8) is 0 Å². The van der Waals surface area contributed by atoms with Crippen LogP contribution in [-0.2, 0) is 4.79 Å². The van der Waals surface area contributed by atoms with E-state index in [2.05, 4.69) is 13.2 Å². The molecular formula is C20H37NO5. The van der Waals surface area contributed by atoms with Crippen LogP contribution in [0.2, 0.25) is 0 Å². The molecule has 0 aromatic carbocycles. The van der Waals surface area contributed by atoms with E-state index in [4.69, 9.17) is 0 Å². The molecule has 152 valence electrons. The maximum Gasteiger partial charge on any atom is 0.119 e. The van der Waals surface area contributed by atoms with E-state index in [0.29, 0.717) is 12.8 Å². The minimum atomic E-state index is -1.24. The zero-order valence-corrected chi connectivity index (χ0v) is 16.0. The van der Waals surface area contributed by atoms with Gasteiger partial charge in [0.25, 0.3) is 0 Å². The summed E-state index contributed by atoms with van der Waals surface area (Å²) in [5.74, 6) is -1.24. The Morgan fingerprint density at radius 3 is 1.77 bits per heavy atom. The van der Waals surface area contributed by atoms with Gasteiger partial charge >= 0.3 is 0 Å². The molecule has 3 N–H and O–H groups in total. The quantitative estimate of drug-likeness (QED) is 0.188. The van der Waals surface area contributed by atoms with Crippen LogP contribution in [-0.4, -0.2) is 70.8 Å². The van der Waals surface area contributed by atoms with Crippen LogP contribution < -0.4 is 5.11 Å². The summed E-state index contributed by atoms with van der Waals surface area (Å²) in [6.45, 7) is 7.34. The van der Waals surface area contributed by atoms with E-state index in [1.54, 1.807) is 0 Å². The second-order valence-corrected chi connectivity index (χ2v) is 7.14. The van der Waals surface area contributed by atoms with E-state index in [1.807, 2.05) is 12.2 Å². The van der Waals surface area contributed by atoms with E-state index in [0.717, 1.165) is 38.5 Å². The van der Waals surface area contributed by atoms with Gasteiger partial charge in [-0.05, 0) is 38.5 Å². The number of carboxylic acids is 1. The first-order chi connectivity index (χ1) is 12.4. The van der Waals surface area contributed by atoms with Crippen LogP contribution >= 0.6 is 0 Å². The summed E-state index contributed by atoms with van der Waals surface area (Å²) in [5, 5.41) is 41.4. The maximum absolute atomic E-state index is 11.3. The van der Waals surface area contributed by atoms with Gasteiger partial charge in [0.1, 0.15) is 38.4 Å². The zero-order valence-electron chi connectivity index (χ0n) is 16.0. The molecule has 26 heavy (non-hydrogen) atoms. The molecular weight excluding hydrogens is 334 g/mol. The molecule has 0 aromatic heterocycles. The molecule has 2 atom stereocenters. The molecule has 0 aliphatic carbocycles. The molecule has 0 fully saturated rings. The number of aliphatic carboxylic acids is 1. The molecule has 0 heterocycles. The number of carboxylic acid groups (broad SMARTS) is 1. The molecule has 0 aliphatic heterocycles. The van der Waals surface area contributed by atoms with E-state index in [-0.39, 0.29) is 37.3 Å². The van der Waals surface area contributed by atoms with Crippen molar-refractivity contribution in [3.8, 4) is 0 Å². The molecule has 2 unspecified atom stereocenters. The number of allylic oxidation sites excluding steroid dienone is 2. The average Bonchev–Trinajstić information content (AvgIpc) is 2.55. The van der Waals surface area contributed by atoms with Crippen LogP contribution in [0.4, 0.5) is 0 Å². The Hall–Kier alpha value is -1.21. The SMILES string of the molecule is C=CCCCCC(O)C[N+](CCO)(CC(=O)[O-])CC(O)CCCCC=C. The predicted molar refractivity (Wildman–Crippen MR) is 101 cm³/mol. The number of nitrogens with zero attached hydrogens (tertiary/aromatic N) is 1. The largest absolute Gasteiger partial charge is 0.544 e. The fraction of sp³-hybridized carbons (Fsp3) is 0.750. The lowest BCUT2D eigenvalue weighted by Crippen LogP contribution is -2.61. The van der Waals surface area contributed by atoms with Crippen LogP contribution in [0.5, 0.6) is 0 Å². The van der Waals surface area contributed by atoms with Crippen LogP contribution in [0.1, 0.15) is 51.4 Å². The second-order valence-electron chi connectivity index (χ2n) is 7.14. The fourth-order valence-corrected chi connectivity index (χ4v) is 3.37. The summed E-state index contributed by atoms with van der Waals surface area (Å²) in [6.07, 6.45) is 8.66. The van der Waals surface area contributed by atoms with Gasteiger partial charge in [0, 0.05) is 0 Å². The Morgan fingerprint density at radius 2 is 1.42 bits per heavy atom. The molecule has 0 saturated carbocycles. The van der Waals surface area contributed by atoms with Crippen LogP contribution in [0.3, 0.4) is 0 Å². The van der Waals surface area contributed by atoms with Crippen molar-refractivity contribution in [1.29, 1.82) is 0 Å². The van der Waals surface area contributed by atoms with E-state index < -0.39 is 18.2 Å². The number of rotatable bonds is 18. The summed E-state index contributed by atoms with van der Waals surface area (Å²) in [7, 11) is 0. The van der Waals surface area contributed by atoms with Gasteiger partial charge in [0.2, 0.25) is 0 Å². The Labute approximate surface area is 158 Å². The highest BCUT2D eigenvalue weighted by molar-refractivity contribution is 5.65. The van der Waals surface area contributed by atoms with Gasteiger partial charge in [0.05, 0.1) is 12.6 Å². The first-order valence-corrected chi connectivity index (χ1v) is 9.63. The van der Waals surface area contributed by atoms with Crippen molar-refractivity contribution < 1.29 is 29.7 Å². The van der Waals surface area contributed by atoms with Crippen LogP contribution in [0.25, 0.3) is 0 Å². The number of hydrogen-bond acceptors (Lipinski definition) is 5. The molecule has 0 aromatic rings. The third-order valence-electron chi connectivity index (χ3n) is 4.63. The monoisotopic (exact) mass is 371 g/mol. The predicted octanol–water partition coefficient (Wildman–Crippen LogP) is 0.760. The molecule has 0 saturated heterocycles. The first-order valence-electron chi connectivity index (χ1n) is 9.63. The second kappa shape index (κ2) is 14.9. The number of carbonyl (C=O) groups is 1. The molecule has 0 rings (SSSR count). The highest BCUT2D eigenvalue weighted by Gasteiger charge is 2.32. The Morgan fingerprint density at radius 1 is 0.962 bits per heavy atom. The standard InChI is InChI=1S/C20H37NO5/c1-3-5-7-9-11-18(23)15-21(13-14-22,17-20(25)26)16-19(24)12-10-8-6-4-2/h3-4,18-19,22-24H,1-2,5-17H2. The van der Waals surface area contributed by atoms with Crippen molar-refractivity contribution in [3.05, 3.63) is 25.3 Å². The minimum Gasteiger partial charge on any atom is -0.544 e. The average molecular weight is 372 g/mol. The normalized spacial score (nSPS) is 15.8. The molecule has 0 bridgehead atoms. The number of aliphatic hydroxyl groups excluding tert-OH is 3. The summed E-state index contributed by atoms with van der Waals surface area (Å²) in [6, 6.07) is 0. The topological polar surface area (TPSA) is 101 Å². The molecule has 6 nitrogen and oxygen atoms in total. The number of quaternary nitrogens is 1. The van der Waals surface area contributed by atoms with E-state index >= 15 is 0 Å². The summed E-state index contributed by atoms with van der Waals surface area (Å²) < 4.78 is -0.0654. The number of hydrogen-bond donors (Lipinski definition) is 3. The van der Waals surface area contributed by atoms with Crippen LogP contribution in [0, 0.1) is 0 Å². The number of aliphatic hydroxyl groups is 3. The lowest BCUT2D eigenvalue weighted by molar-refractivity contribution is -0.928. The number of unbranched alkanes of at least 4 members (excludes halogenated alkanes) is 4. The minimum absolute atomic E-state index is 0.0654. The molecule has 0 radical (unpaired) electrons. The van der Waals surface area contributed by atoms with Crippen molar-refractivity contribution in [1.82, 2.24) is 0 Å². The van der Waals surface area contributed by atoms with Gasteiger partial charge < -0.3 is 29.7 Å². The molecule has 0 spiro atoms. The van der Waals surface area contributed by atoms with E-state index in [9.17, 15) is 25.2 Å². The van der Waals surface area contributed by atoms with Crippen molar-refractivity contribution in [2.45, 2.75) is 63.6 Å². The van der Waals surface area contributed by atoms with Gasteiger partial charge in [-0.2, -0.15) is 0 Å². The summed E-state index contributed by atoms with van der Waals surface area (Å²) in [5.41, 5.74) is 0. The zero-order chi connectivity index (χ0) is 19.8. The number of carbonyl (C=O) groups excluding carboxylic acids is 1. The molecule has 0 amide bonds. The lowest BCUT2D eigenvalue weighted by Gasteiger charge is -2.41. The van der Waals surface area contributed by atoms with Crippen LogP contribution in [0.15, 0.2) is 25.3 Å². The Bertz CT molecular complexity index is 376. The van der Waals surface area contributed by atoms with Crippen molar-refractivity contribution in [2.75, 3.05) is 32.8 Å². The van der Waals surface area contributed by atoms with Crippen molar-refractivity contribution >= 4 is 5.97 Å². The van der Waals surface area contributed by atoms with Crippen molar-refractivity contribution in [2.24, 2.45) is 0 Å². The van der Waals surface area contributed by atoms with Gasteiger partial charge in [-0.3, -0.25) is 0 Å². The van der Waals surface area contributed by atoms with E-state index in [1.165, 1.54) is 0 Å². The summed E-state index contributed by atoms with van der Waals surface area (Å²) in [4.78, 5) is 11.3.